The van der Waals surface area contributed by atoms with Gasteiger partial charge in [-0.15, -0.1) is 0 Å². The standard InChI is InChI=1S/C15H25N3O/c1-3-16-13-7-5-6-8-14-12(13)11-17-15(18-14)9-10-19-4-2/h11,13,16H,3-10H2,1-2H3. The molecule has 0 radical (unpaired) electrons. The van der Waals surface area contributed by atoms with E-state index in [2.05, 4.69) is 17.2 Å². The fourth-order valence-corrected chi connectivity index (χ4v) is 2.64. The van der Waals surface area contributed by atoms with Crippen LogP contribution in [0.5, 0.6) is 0 Å². The maximum atomic E-state index is 5.37. The van der Waals surface area contributed by atoms with E-state index in [0.29, 0.717) is 12.6 Å². The Hall–Kier alpha value is -1.00. The van der Waals surface area contributed by atoms with Crippen molar-refractivity contribution < 1.29 is 4.74 Å². The summed E-state index contributed by atoms with van der Waals surface area (Å²) in [5.41, 5.74) is 2.55. The minimum Gasteiger partial charge on any atom is -0.381 e. The van der Waals surface area contributed by atoms with Gasteiger partial charge in [0.2, 0.25) is 0 Å². The molecule has 0 fully saturated rings. The highest BCUT2D eigenvalue weighted by Crippen LogP contribution is 2.26. The number of hydrogen-bond donors (Lipinski definition) is 1. The Kier molecular flexibility index (Phi) is 5.73. The summed E-state index contributed by atoms with van der Waals surface area (Å²) in [5, 5.41) is 3.55. The molecule has 4 nitrogen and oxygen atoms in total. The lowest BCUT2D eigenvalue weighted by atomic mass is 10.0. The first-order valence-corrected chi connectivity index (χ1v) is 7.51. The predicted octanol–water partition coefficient (Wildman–Crippen LogP) is 2.43. The maximum Gasteiger partial charge on any atom is 0.130 e. The van der Waals surface area contributed by atoms with Crippen LogP contribution in [0.4, 0.5) is 0 Å². The summed E-state index contributed by atoms with van der Waals surface area (Å²) < 4.78 is 5.37. The van der Waals surface area contributed by atoms with Gasteiger partial charge in [-0.3, -0.25) is 0 Å². The third kappa shape index (κ3) is 3.98. The molecule has 1 aliphatic rings. The van der Waals surface area contributed by atoms with Crippen molar-refractivity contribution in [1.29, 1.82) is 0 Å². The van der Waals surface area contributed by atoms with Gasteiger partial charge in [-0.05, 0) is 32.7 Å². The Morgan fingerprint density at radius 1 is 1.37 bits per heavy atom. The summed E-state index contributed by atoms with van der Waals surface area (Å²) in [6.45, 7) is 6.64. The number of ether oxygens (including phenoxy) is 1. The van der Waals surface area contributed by atoms with Crippen LogP contribution in [-0.4, -0.2) is 29.7 Å². The van der Waals surface area contributed by atoms with E-state index in [9.17, 15) is 0 Å². The first kappa shape index (κ1) is 14.4. The number of aromatic nitrogens is 2. The molecule has 1 N–H and O–H groups in total. The van der Waals surface area contributed by atoms with Gasteiger partial charge < -0.3 is 10.1 Å². The molecule has 1 aliphatic carbocycles. The molecule has 1 heterocycles. The summed E-state index contributed by atoms with van der Waals surface area (Å²) in [6.07, 6.45) is 7.62. The minimum atomic E-state index is 0.434. The highest BCUT2D eigenvalue weighted by Gasteiger charge is 2.19. The van der Waals surface area contributed by atoms with Gasteiger partial charge in [-0.25, -0.2) is 9.97 Å². The van der Waals surface area contributed by atoms with Crippen LogP contribution in [-0.2, 0) is 17.6 Å². The number of rotatable bonds is 6. The van der Waals surface area contributed by atoms with Crippen molar-refractivity contribution in [2.75, 3.05) is 19.8 Å². The van der Waals surface area contributed by atoms with Gasteiger partial charge in [0, 0.05) is 36.5 Å². The molecule has 19 heavy (non-hydrogen) atoms. The molecular weight excluding hydrogens is 238 g/mol. The zero-order chi connectivity index (χ0) is 13.5. The number of fused-ring (bicyclic) bond motifs is 1. The largest absolute Gasteiger partial charge is 0.381 e. The Morgan fingerprint density at radius 3 is 3.05 bits per heavy atom. The van der Waals surface area contributed by atoms with Crippen LogP contribution in [0.25, 0.3) is 0 Å². The molecule has 2 rings (SSSR count). The first-order chi connectivity index (χ1) is 9.35. The molecule has 1 atom stereocenters. The summed E-state index contributed by atoms with van der Waals surface area (Å²) in [7, 11) is 0. The zero-order valence-electron chi connectivity index (χ0n) is 12.1. The number of aryl methyl sites for hydroxylation is 1. The quantitative estimate of drug-likeness (QED) is 0.632. The smallest absolute Gasteiger partial charge is 0.130 e. The monoisotopic (exact) mass is 263 g/mol. The minimum absolute atomic E-state index is 0.434. The zero-order valence-corrected chi connectivity index (χ0v) is 12.1. The highest BCUT2D eigenvalue weighted by molar-refractivity contribution is 5.23. The van der Waals surface area contributed by atoms with E-state index in [1.54, 1.807) is 0 Å². The lowest BCUT2D eigenvalue weighted by molar-refractivity contribution is 0.149. The van der Waals surface area contributed by atoms with Crippen LogP contribution < -0.4 is 5.32 Å². The van der Waals surface area contributed by atoms with Crippen LogP contribution >= 0.6 is 0 Å². The van der Waals surface area contributed by atoms with Gasteiger partial charge in [0.25, 0.3) is 0 Å². The second kappa shape index (κ2) is 7.56. The topological polar surface area (TPSA) is 47.0 Å². The van der Waals surface area contributed by atoms with Gasteiger partial charge in [0.1, 0.15) is 5.82 Å². The van der Waals surface area contributed by atoms with E-state index in [4.69, 9.17) is 9.72 Å². The lowest BCUT2D eigenvalue weighted by Gasteiger charge is -2.17. The van der Waals surface area contributed by atoms with E-state index in [1.807, 2.05) is 13.1 Å². The van der Waals surface area contributed by atoms with Crippen molar-refractivity contribution in [3.63, 3.8) is 0 Å². The number of nitrogens with one attached hydrogen (secondary N) is 1. The van der Waals surface area contributed by atoms with E-state index in [1.165, 1.54) is 30.5 Å². The second-order valence-corrected chi connectivity index (χ2v) is 4.99. The van der Waals surface area contributed by atoms with Crippen molar-refractivity contribution >= 4 is 0 Å². The third-order valence-corrected chi connectivity index (χ3v) is 3.61. The Bertz CT molecular complexity index is 395. The van der Waals surface area contributed by atoms with E-state index in [-0.39, 0.29) is 0 Å². The maximum absolute atomic E-state index is 5.37. The van der Waals surface area contributed by atoms with Crippen molar-refractivity contribution in [2.24, 2.45) is 0 Å². The van der Waals surface area contributed by atoms with E-state index >= 15 is 0 Å². The molecule has 1 aromatic rings. The first-order valence-electron chi connectivity index (χ1n) is 7.51. The van der Waals surface area contributed by atoms with Crippen molar-refractivity contribution in [1.82, 2.24) is 15.3 Å². The molecule has 0 aromatic carbocycles. The molecule has 0 amide bonds. The third-order valence-electron chi connectivity index (χ3n) is 3.61. The van der Waals surface area contributed by atoms with Crippen LogP contribution in [0.1, 0.15) is 56.2 Å². The average molecular weight is 263 g/mol. The summed E-state index contributed by atoms with van der Waals surface area (Å²) >= 11 is 0. The highest BCUT2D eigenvalue weighted by atomic mass is 16.5. The van der Waals surface area contributed by atoms with Crippen molar-refractivity contribution in [2.45, 2.75) is 52.0 Å². The molecule has 0 spiro atoms. The molecular formula is C15H25N3O. The molecule has 0 aliphatic heterocycles. The number of nitrogens with zero attached hydrogens (tertiary/aromatic N) is 2. The lowest BCUT2D eigenvalue weighted by Crippen LogP contribution is -2.22. The van der Waals surface area contributed by atoms with Crippen LogP contribution in [0.15, 0.2) is 6.20 Å². The Labute approximate surface area is 116 Å². The molecule has 4 heteroatoms. The number of hydrogen-bond acceptors (Lipinski definition) is 4. The fraction of sp³-hybridized carbons (Fsp3) is 0.733. The van der Waals surface area contributed by atoms with Gasteiger partial charge in [-0.1, -0.05) is 13.3 Å². The van der Waals surface area contributed by atoms with Gasteiger partial charge >= 0.3 is 0 Å². The predicted molar refractivity (Wildman–Crippen MR) is 76.2 cm³/mol. The summed E-state index contributed by atoms with van der Waals surface area (Å²) in [6, 6.07) is 0.434. The van der Waals surface area contributed by atoms with Gasteiger partial charge in [0.05, 0.1) is 6.61 Å². The normalized spacial score (nSPS) is 18.9. The van der Waals surface area contributed by atoms with Crippen LogP contribution in [0.3, 0.4) is 0 Å². The Balaban J connectivity index is 2.11. The summed E-state index contributed by atoms with van der Waals surface area (Å²) in [4.78, 5) is 9.25. The average Bonchev–Trinajstić information content (AvgIpc) is 2.62. The van der Waals surface area contributed by atoms with Gasteiger partial charge in [-0.2, -0.15) is 0 Å². The van der Waals surface area contributed by atoms with E-state index < -0.39 is 0 Å². The molecule has 0 saturated carbocycles. The second-order valence-electron chi connectivity index (χ2n) is 4.99. The van der Waals surface area contributed by atoms with Crippen molar-refractivity contribution in [3.05, 3.63) is 23.3 Å². The SMILES string of the molecule is CCNC1CCCCc2nc(CCOCC)ncc21. The van der Waals surface area contributed by atoms with Crippen LogP contribution in [0.2, 0.25) is 0 Å². The van der Waals surface area contributed by atoms with Gasteiger partial charge in [0.15, 0.2) is 0 Å². The van der Waals surface area contributed by atoms with E-state index in [0.717, 1.165) is 31.8 Å². The molecule has 1 aromatic heterocycles. The summed E-state index contributed by atoms with van der Waals surface area (Å²) in [5.74, 6) is 0.921. The molecule has 0 bridgehead atoms. The van der Waals surface area contributed by atoms with Crippen molar-refractivity contribution in [3.8, 4) is 0 Å². The molecule has 106 valence electrons. The molecule has 0 saturated heterocycles. The van der Waals surface area contributed by atoms with Crippen LogP contribution in [0, 0.1) is 0 Å². The molecule has 1 unspecified atom stereocenters. The fourth-order valence-electron chi connectivity index (χ4n) is 2.64. The Morgan fingerprint density at radius 2 is 2.26 bits per heavy atom.